The molecular weight excluding hydrogens is 200 g/mol. The Balaban J connectivity index is 3.73. The smallest absolute Gasteiger partial charge is 0.348 e. The summed E-state index contributed by atoms with van der Waals surface area (Å²) >= 11 is 0. The van der Waals surface area contributed by atoms with E-state index in [0.29, 0.717) is 25.9 Å². The van der Waals surface area contributed by atoms with Crippen LogP contribution in [0.5, 0.6) is 0 Å². The normalized spacial score (nSPS) is 10.6. The van der Waals surface area contributed by atoms with Gasteiger partial charge >= 0.3 is 5.97 Å². The van der Waals surface area contributed by atoms with Gasteiger partial charge in [-0.25, -0.2) is 4.79 Å². The van der Waals surface area contributed by atoms with Crippen molar-refractivity contribution in [3.63, 3.8) is 0 Å². The van der Waals surface area contributed by atoms with Crippen LogP contribution in [0.1, 0.15) is 19.3 Å². The predicted octanol–water partition coefficient (Wildman–Crippen LogP) is 0.694. The van der Waals surface area contributed by atoms with E-state index in [0.717, 1.165) is 0 Å². The molecule has 0 amide bonds. The molecule has 0 saturated carbocycles. The van der Waals surface area contributed by atoms with Gasteiger partial charge in [0.25, 0.3) is 12.5 Å². The minimum Gasteiger partial charge on any atom is -0.466 e. The summed E-state index contributed by atoms with van der Waals surface area (Å²) in [6, 6.07) is 0. The van der Waals surface area contributed by atoms with Gasteiger partial charge in [0.05, 0.1) is 7.11 Å². The van der Waals surface area contributed by atoms with Gasteiger partial charge in [0.15, 0.2) is 0 Å². The molecule has 0 aliphatic rings. The Morgan fingerprint density at radius 1 is 1.33 bits per heavy atom. The molecule has 0 aliphatic heterocycles. The maximum absolute atomic E-state index is 11.0. The first-order chi connectivity index (χ1) is 7.26. The highest BCUT2D eigenvalue weighted by Gasteiger charge is 2.19. The highest BCUT2D eigenvalue weighted by Crippen LogP contribution is 2.06. The quantitative estimate of drug-likeness (QED) is 0.350. The number of esters is 1. The molecule has 6 nitrogen and oxygen atoms in total. The van der Waals surface area contributed by atoms with Crippen molar-refractivity contribution in [2.45, 2.75) is 25.4 Å². The second kappa shape index (κ2) is 8.64. The zero-order valence-corrected chi connectivity index (χ0v) is 8.43. The Bertz CT molecular complexity index is 266. The molecule has 0 heterocycles. The lowest BCUT2D eigenvalue weighted by atomic mass is 10.1. The number of nitrogens with zero attached hydrogens (tertiary/aromatic N) is 2. The maximum Gasteiger partial charge on any atom is 0.348 e. The Kier molecular flexibility index (Phi) is 7.52. The van der Waals surface area contributed by atoms with Crippen LogP contribution in [0, 0.1) is 23.0 Å². The van der Waals surface area contributed by atoms with Crippen molar-refractivity contribution in [2.24, 2.45) is 0 Å². The van der Waals surface area contributed by atoms with E-state index in [1.54, 1.807) is 0 Å². The van der Waals surface area contributed by atoms with Gasteiger partial charge < -0.3 is 14.2 Å². The van der Waals surface area contributed by atoms with Crippen molar-refractivity contribution < 1.29 is 19.0 Å². The number of ether oxygens (including phenoxy) is 3. The molecule has 0 N–H and O–H groups in total. The van der Waals surface area contributed by atoms with Crippen molar-refractivity contribution in [3.8, 4) is 12.5 Å². The molecule has 0 saturated heterocycles. The average Bonchev–Trinajstić information content (AvgIpc) is 2.26. The first-order valence-corrected chi connectivity index (χ1v) is 4.39. The van der Waals surface area contributed by atoms with Crippen molar-refractivity contribution >= 4 is 5.97 Å². The number of hydrogen-bond donors (Lipinski definition) is 0. The molecule has 0 aromatic carbocycles. The summed E-state index contributed by atoms with van der Waals surface area (Å²) < 4.78 is 13.4. The molecule has 0 bridgehead atoms. The van der Waals surface area contributed by atoms with Gasteiger partial charge in [-0.3, -0.25) is 0 Å². The number of nitriles is 2. The van der Waals surface area contributed by atoms with E-state index in [1.807, 2.05) is 0 Å². The van der Waals surface area contributed by atoms with E-state index in [4.69, 9.17) is 10.5 Å². The molecule has 6 heteroatoms. The zero-order valence-electron chi connectivity index (χ0n) is 8.43. The van der Waals surface area contributed by atoms with Gasteiger partial charge in [-0.2, -0.15) is 10.5 Å². The van der Waals surface area contributed by atoms with Crippen LogP contribution in [-0.2, 0) is 19.0 Å². The van der Waals surface area contributed by atoms with E-state index in [-0.39, 0.29) is 0 Å². The van der Waals surface area contributed by atoms with Crippen molar-refractivity contribution in [3.05, 3.63) is 0 Å². The lowest BCUT2D eigenvalue weighted by Crippen LogP contribution is -2.24. The Morgan fingerprint density at radius 3 is 2.60 bits per heavy atom. The van der Waals surface area contributed by atoms with Gasteiger partial charge in [-0.15, -0.1) is 0 Å². The van der Waals surface area contributed by atoms with Crippen LogP contribution in [0.3, 0.4) is 0 Å². The lowest BCUT2D eigenvalue weighted by Gasteiger charge is -2.10. The number of methoxy groups -OCH3 is 1. The van der Waals surface area contributed by atoms with Crippen molar-refractivity contribution in [1.29, 1.82) is 10.5 Å². The van der Waals surface area contributed by atoms with Crippen LogP contribution in [0.4, 0.5) is 0 Å². The van der Waals surface area contributed by atoms with Gasteiger partial charge in [0.2, 0.25) is 6.10 Å². The largest absolute Gasteiger partial charge is 0.466 e. The predicted molar refractivity (Wildman–Crippen MR) is 47.9 cm³/mol. The van der Waals surface area contributed by atoms with Crippen LogP contribution in [-0.4, -0.2) is 25.8 Å². The van der Waals surface area contributed by atoms with Crippen molar-refractivity contribution in [1.82, 2.24) is 0 Å². The summed E-state index contributed by atoms with van der Waals surface area (Å²) in [7, 11) is 1.23. The number of carbonyl (C=O) groups is 1. The van der Waals surface area contributed by atoms with Crippen LogP contribution in [0.2, 0.25) is 0 Å². The molecule has 0 radical (unpaired) electrons. The second-order valence-electron chi connectivity index (χ2n) is 2.66. The molecule has 1 unspecified atom stereocenters. The Morgan fingerprint density at radius 2 is 2.07 bits per heavy atom. The highest BCUT2D eigenvalue weighted by molar-refractivity contribution is 5.74. The standard InChI is InChI=1S/C9H12N2O4/c1-13-9(12)8(15-7-11)4-2-3-5-14-6-10/h8H,2-5H2,1H3. The van der Waals surface area contributed by atoms with E-state index in [1.165, 1.54) is 19.6 Å². The number of hydrogen-bond acceptors (Lipinski definition) is 6. The molecule has 0 fully saturated rings. The fraction of sp³-hybridized carbons (Fsp3) is 0.667. The minimum atomic E-state index is -0.859. The average molecular weight is 212 g/mol. The zero-order chi connectivity index (χ0) is 11.5. The van der Waals surface area contributed by atoms with E-state index in [2.05, 4.69) is 14.2 Å². The number of carbonyl (C=O) groups excluding carboxylic acids is 1. The lowest BCUT2D eigenvalue weighted by molar-refractivity contribution is -0.150. The van der Waals surface area contributed by atoms with Gasteiger partial charge in [-0.05, 0) is 19.3 Å². The highest BCUT2D eigenvalue weighted by atomic mass is 16.6. The summed E-state index contributed by atoms with van der Waals surface area (Å²) in [4.78, 5) is 11.0. The molecule has 1 atom stereocenters. The fourth-order valence-electron chi connectivity index (χ4n) is 0.970. The molecule has 82 valence electrons. The number of unbranched alkanes of at least 4 members (excludes halogenated alkanes) is 1. The van der Waals surface area contributed by atoms with Crippen LogP contribution >= 0.6 is 0 Å². The summed E-state index contributed by atoms with van der Waals surface area (Å²) in [5, 5.41) is 16.3. The van der Waals surface area contributed by atoms with Crippen molar-refractivity contribution in [2.75, 3.05) is 13.7 Å². The molecule has 0 aliphatic carbocycles. The summed E-state index contributed by atoms with van der Waals surface area (Å²) in [6.07, 6.45) is 3.74. The molecule has 0 spiro atoms. The minimum absolute atomic E-state index is 0.303. The summed E-state index contributed by atoms with van der Waals surface area (Å²) in [5.41, 5.74) is 0. The first kappa shape index (κ1) is 13.1. The SMILES string of the molecule is COC(=O)C(CCCCOC#N)OC#N. The van der Waals surface area contributed by atoms with E-state index in [9.17, 15) is 4.79 Å². The van der Waals surface area contributed by atoms with Gasteiger partial charge in [0, 0.05) is 0 Å². The molecule has 0 rings (SSSR count). The summed E-state index contributed by atoms with van der Waals surface area (Å²) in [6.45, 7) is 0.303. The van der Waals surface area contributed by atoms with E-state index < -0.39 is 12.1 Å². The van der Waals surface area contributed by atoms with Crippen LogP contribution in [0.25, 0.3) is 0 Å². The fourth-order valence-corrected chi connectivity index (χ4v) is 0.970. The molecule has 15 heavy (non-hydrogen) atoms. The molecule has 0 aromatic heterocycles. The molecule has 0 aromatic rings. The third-order valence-electron chi connectivity index (χ3n) is 1.69. The first-order valence-electron chi connectivity index (χ1n) is 4.39. The third-order valence-corrected chi connectivity index (χ3v) is 1.69. The van der Waals surface area contributed by atoms with Gasteiger partial charge in [0.1, 0.15) is 6.61 Å². The topological polar surface area (TPSA) is 92.3 Å². The Labute approximate surface area is 87.9 Å². The van der Waals surface area contributed by atoms with Crippen LogP contribution < -0.4 is 0 Å². The van der Waals surface area contributed by atoms with Crippen LogP contribution in [0.15, 0.2) is 0 Å². The summed E-state index contributed by atoms with van der Waals surface area (Å²) in [5.74, 6) is -0.572. The third kappa shape index (κ3) is 6.17. The molecular formula is C9H12N2O4. The van der Waals surface area contributed by atoms with E-state index >= 15 is 0 Å². The maximum atomic E-state index is 11.0. The second-order valence-corrected chi connectivity index (χ2v) is 2.66. The number of rotatable bonds is 7. The van der Waals surface area contributed by atoms with Gasteiger partial charge in [-0.1, -0.05) is 0 Å². The Hall–Kier alpha value is -1.95. The monoisotopic (exact) mass is 212 g/mol.